The van der Waals surface area contributed by atoms with Gasteiger partial charge in [-0.1, -0.05) is 12.1 Å². The molecule has 1 aromatic carbocycles. The minimum atomic E-state index is -0.283. The number of amides is 1. The topological polar surface area (TPSA) is 46.3 Å². The Kier molecular flexibility index (Phi) is 2.92. The van der Waals surface area contributed by atoms with Gasteiger partial charge >= 0.3 is 0 Å². The largest absolute Gasteiger partial charge is 0.280 e. The Labute approximate surface area is 94.0 Å². The SMILES string of the molecule is Cc1c(F)cccc1C1CCCN(N)C1=O. The zero-order valence-electron chi connectivity index (χ0n) is 9.24. The van der Waals surface area contributed by atoms with E-state index in [0.29, 0.717) is 12.1 Å². The third-order valence-electron chi connectivity index (χ3n) is 3.16. The summed E-state index contributed by atoms with van der Waals surface area (Å²) in [6, 6.07) is 4.85. The van der Waals surface area contributed by atoms with Crippen molar-refractivity contribution in [2.24, 2.45) is 5.84 Å². The molecule has 2 N–H and O–H groups in total. The Morgan fingerprint density at radius 3 is 3.00 bits per heavy atom. The minimum Gasteiger partial charge on any atom is -0.280 e. The Morgan fingerprint density at radius 1 is 1.50 bits per heavy atom. The first-order chi connectivity index (χ1) is 7.61. The fourth-order valence-corrected chi connectivity index (χ4v) is 2.19. The van der Waals surface area contributed by atoms with E-state index < -0.39 is 0 Å². The summed E-state index contributed by atoms with van der Waals surface area (Å²) in [5.41, 5.74) is 1.32. The van der Waals surface area contributed by atoms with Crippen LogP contribution < -0.4 is 5.84 Å². The molecule has 1 unspecified atom stereocenters. The first-order valence-corrected chi connectivity index (χ1v) is 5.42. The summed E-state index contributed by atoms with van der Waals surface area (Å²) < 4.78 is 13.4. The maximum absolute atomic E-state index is 13.4. The number of nitrogens with two attached hydrogens (primary N) is 1. The highest BCUT2D eigenvalue weighted by Crippen LogP contribution is 2.29. The quantitative estimate of drug-likeness (QED) is 0.581. The van der Waals surface area contributed by atoms with Crippen molar-refractivity contribution in [2.75, 3.05) is 6.54 Å². The normalized spacial score (nSPS) is 21.3. The van der Waals surface area contributed by atoms with Crippen LogP contribution in [0.5, 0.6) is 0 Å². The Morgan fingerprint density at radius 2 is 2.25 bits per heavy atom. The van der Waals surface area contributed by atoms with Crippen molar-refractivity contribution in [3.63, 3.8) is 0 Å². The lowest BCUT2D eigenvalue weighted by molar-refractivity contribution is -0.135. The summed E-state index contributed by atoms with van der Waals surface area (Å²) in [5.74, 6) is 4.93. The molecular weight excluding hydrogens is 207 g/mol. The van der Waals surface area contributed by atoms with Crippen LogP contribution in [0.25, 0.3) is 0 Å². The first kappa shape index (κ1) is 11.1. The molecule has 86 valence electrons. The molecule has 1 aliphatic heterocycles. The van der Waals surface area contributed by atoms with E-state index in [1.165, 1.54) is 11.1 Å². The van der Waals surface area contributed by atoms with E-state index in [1.807, 2.05) is 0 Å². The summed E-state index contributed by atoms with van der Waals surface area (Å²) in [4.78, 5) is 11.9. The molecule has 1 aromatic rings. The van der Waals surface area contributed by atoms with Gasteiger partial charge in [-0.05, 0) is 37.0 Å². The number of carbonyl (C=O) groups is 1. The van der Waals surface area contributed by atoms with E-state index in [2.05, 4.69) is 0 Å². The minimum absolute atomic E-state index is 0.111. The van der Waals surface area contributed by atoms with Crippen LogP contribution in [-0.4, -0.2) is 17.5 Å². The number of nitrogens with zero attached hydrogens (tertiary/aromatic N) is 1. The lowest BCUT2D eigenvalue weighted by Gasteiger charge is -2.29. The van der Waals surface area contributed by atoms with Gasteiger partial charge in [0.2, 0.25) is 5.91 Å². The Balaban J connectivity index is 2.36. The molecule has 0 spiro atoms. The summed E-state index contributed by atoms with van der Waals surface area (Å²) in [6.45, 7) is 2.29. The van der Waals surface area contributed by atoms with Gasteiger partial charge in [-0.2, -0.15) is 0 Å². The summed E-state index contributed by atoms with van der Waals surface area (Å²) in [7, 11) is 0. The lowest BCUT2D eigenvalue weighted by Crippen LogP contribution is -2.44. The highest BCUT2D eigenvalue weighted by molar-refractivity contribution is 5.84. The molecular formula is C12H15FN2O. The van der Waals surface area contributed by atoms with Gasteiger partial charge in [-0.25, -0.2) is 10.2 Å². The average molecular weight is 222 g/mol. The van der Waals surface area contributed by atoms with Crippen LogP contribution in [0, 0.1) is 12.7 Å². The molecule has 1 saturated heterocycles. The molecule has 0 aliphatic carbocycles. The molecule has 0 saturated carbocycles. The molecule has 16 heavy (non-hydrogen) atoms. The van der Waals surface area contributed by atoms with Gasteiger partial charge in [0, 0.05) is 6.54 Å². The zero-order chi connectivity index (χ0) is 11.7. The number of carbonyl (C=O) groups excluding carboxylic acids is 1. The molecule has 2 rings (SSSR count). The highest BCUT2D eigenvalue weighted by Gasteiger charge is 2.29. The van der Waals surface area contributed by atoms with Crippen molar-refractivity contribution in [1.29, 1.82) is 0 Å². The molecule has 1 atom stereocenters. The maximum atomic E-state index is 13.4. The Bertz CT molecular complexity index is 419. The van der Waals surface area contributed by atoms with Crippen LogP contribution in [0.4, 0.5) is 4.39 Å². The number of hydrogen-bond donors (Lipinski definition) is 1. The molecule has 0 radical (unpaired) electrons. The Hall–Kier alpha value is -1.42. The van der Waals surface area contributed by atoms with E-state index in [0.717, 1.165) is 18.4 Å². The van der Waals surface area contributed by atoms with Crippen LogP contribution in [0.1, 0.15) is 29.9 Å². The highest BCUT2D eigenvalue weighted by atomic mass is 19.1. The first-order valence-electron chi connectivity index (χ1n) is 5.42. The van der Waals surface area contributed by atoms with E-state index in [9.17, 15) is 9.18 Å². The van der Waals surface area contributed by atoms with E-state index in [-0.39, 0.29) is 17.6 Å². The second kappa shape index (κ2) is 4.22. The third-order valence-corrected chi connectivity index (χ3v) is 3.16. The van der Waals surface area contributed by atoms with Crippen LogP contribution in [-0.2, 0) is 4.79 Å². The molecule has 3 nitrogen and oxygen atoms in total. The van der Waals surface area contributed by atoms with Gasteiger partial charge in [0.15, 0.2) is 0 Å². The number of rotatable bonds is 1. The molecule has 1 aliphatic rings. The van der Waals surface area contributed by atoms with Crippen molar-refractivity contribution < 1.29 is 9.18 Å². The molecule has 0 bridgehead atoms. The van der Waals surface area contributed by atoms with Gasteiger partial charge in [0.1, 0.15) is 5.82 Å². The average Bonchev–Trinajstić information content (AvgIpc) is 2.27. The van der Waals surface area contributed by atoms with Crippen molar-refractivity contribution in [2.45, 2.75) is 25.7 Å². The van der Waals surface area contributed by atoms with Gasteiger partial charge in [-0.15, -0.1) is 0 Å². The number of hydrogen-bond acceptors (Lipinski definition) is 2. The maximum Gasteiger partial charge on any atom is 0.244 e. The molecule has 0 aromatic heterocycles. The van der Waals surface area contributed by atoms with Crippen molar-refractivity contribution >= 4 is 5.91 Å². The lowest BCUT2D eigenvalue weighted by atomic mass is 9.87. The second-order valence-electron chi connectivity index (χ2n) is 4.18. The van der Waals surface area contributed by atoms with Crippen LogP contribution in [0.2, 0.25) is 0 Å². The summed E-state index contributed by atoms with van der Waals surface area (Å²) in [6.07, 6.45) is 1.61. The van der Waals surface area contributed by atoms with Crippen LogP contribution in [0.3, 0.4) is 0 Å². The van der Waals surface area contributed by atoms with Gasteiger partial charge < -0.3 is 0 Å². The van der Waals surface area contributed by atoms with Crippen molar-refractivity contribution in [1.82, 2.24) is 5.01 Å². The van der Waals surface area contributed by atoms with E-state index in [1.54, 1.807) is 19.1 Å². The third kappa shape index (κ3) is 1.80. The van der Waals surface area contributed by atoms with Crippen molar-refractivity contribution in [3.05, 3.63) is 35.1 Å². The predicted molar refractivity (Wildman–Crippen MR) is 59.0 cm³/mol. The molecule has 1 heterocycles. The number of hydrazine groups is 1. The zero-order valence-corrected chi connectivity index (χ0v) is 9.24. The standard InChI is InChI=1S/C12H15FN2O/c1-8-9(4-2-6-11(8)13)10-5-3-7-15(14)12(10)16/h2,4,6,10H,3,5,7,14H2,1H3. The molecule has 1 amide bonds. The molecule has 1 fully saturated rings. The van der Waals surface area contributed by atoms with E-state index >= 15 is 0 Å². The fourth-order valence-electron chi connectivity index (χ4n) is 2.19. The summed E-state index contributed by atoms with van der Waals surface area (Å²) >= 11 is 0. The van der Waals surface area contributed by atoms with E-state index in [4.69, 9.17) is 5.84 Å². The number of halogens is 1. The predicted octanol–water partition coefficient (Wildman–Crippen LogP) is 1.71. The molecule has 4 heteroatoms. The van der Waals surface area contributed by atoms with Crippen molar-refractivity contribution in [3.8, 4) is 0 Å². The smallest absolute Gasteiger partial charge is 0.244 e. The fraction of sp³-hybridized carbons (Fsp3) is 0.417. The van der Waals surface area contributed by atoms with Crippen LogP contribution in [0.15, 0.2) is 18.2 Å². The monoisotopic (exact) mass is 222 g/mol. The summed E-state index contributed by atoms with van der Waals surface area (Å²) in [5, 5.41) is 1.23. The van der Waals surface area contributed by atoms with Crippen LogP contribution >= 0.6 is 0 Å². The van der Waals surface area contributed by atoms with Gasteiger partial charge in [0.05, 0.1) is 5.92 Å². The van der Waals surface area contributed by atoms with Gasteiger partial charge in [0.25, 0.3) is 0 Å². The number of piperidine rings is 1. The van der Waals surface area contributed by atoms with Gasteiger partial charge in [-0.3, -0.25) is 9.80 Å². The number of benzene rings is 1. The second-order valence-corrected chi connectivity index (χ2v) is 4.18.